The van der Waals surface area contributed by atoms with Gasteiger partial charge in [0.15, 0.2) is 0 Å². The maximum Gasteiger partial charge on any atom is 0.348 e. The summed E-state index contributed by atoms with van der Waals surface area (Å²) in [5, 5.41) is 0.262. The number of benzene rings is 2. The summed E-state index contributed by atoms with van der Waals surface area (Å²) in [7, 11) is 0. The molecule has 2 heterocycles. The Morgan fingerprint density at radius 1 is 1.03 bits per heavy atom. The van der Waals surface area contributed by atoms with Crippen molar-refractivity contribution in [3.8, 4) is 0 Å². The zero-order valence-electron chi connectivity index (χ0n) is 15.3. The van der Waals surface area contributed by atoms with Gasteiger partial charge >= 0.3 is 11.9 Å². The van der Waals surface area contributed by atoms with Crippen molar-refractivity contribution in [3.63, 3.8) is 0 Å². The van der Waals surface area contributed by atoms with Gasteiger partial charge in [0, 0.05) is 28.0 Å². The molecule has 0 amide bonds. The van der Waals surface area contributed by atoms with Crippen molar-refractivity contribution in [3.05, 3.63) is 70.6 Å². The molecule has 0 saturated heterocycles. The van der Waals surface area contributed by atoms with Crippen molar-refractivity contribution in [2.24, 2.45) is 0 Å². The Bertz CT molecular complexity index is 1240. The van der Waals surface area contributed by atoms with Crippen LogP contribution < -0.4 is 0 Å². The largest absolute Gasteiger partial charge is 0.462 e. The van der Waals surface area contributed by atoms with Gasteiger partial charge in [-0.15, -0.1) is 11.3 Å². The molecule has 0 N–H and O–H groups in total. The van der Waals surface area contributed by atoms with Crippen molar-refractivity contribution < 1.29 is 23.5 Å². The topological polar surface area (TPSA) is 78.4 Å². The molecular weight excluding hydrogens is 395 g/mol. The van der Waals surface area contributed by atoms with Crippen LogP contribution >= 0.6 is 11.3 Å². The highest BCUT2D eigenvalue weighted by Gasteiger charge is 2.23. The summed E-state index contributed by atoms with van der Waals surface area (Å²) < 4.78 is 25.5. The highest BCUT2D eigenvalue weighted by atomic mass is 32.1. The molecule has 0 bridgehead atoms. The lowest BCUT2D eigenvalue weighted by Gasteiger charge is -2.08. The standard InChI is InChI=1S/C21H15FN2O4S/c1-2-27-21(26)19-13(18-14(22)4-3-5-17(18)29-19)11-28-20(25)12-6-7-15-16(10-12)24-9-8-23-15/h3-10H,2,11H2,1H3. The summed E-state index contributed by atoms with van der Waals surface area (Å²) in [6, 6.07) is 9.40. The third-order valence-corrected chi connectivity index (χ3v) is 5.45. The zero-order valence-corrected chi connectivity index (χ0v) is 16.2. The Balaban J connectivity index is 1.65. The molecule has 0 atom stereocenters. The summed E-state index contributed by atoms with van der Waals surface area (Å²) in [6.45, 7) is 1.62. The highest BCUT2D eigenvalue weighted by molar-refractivity contribution is 7.21. The molecule has 0 aliphatic rings. The summed E-state index contributed by atoms with van der Waals surface area (Å²) in [4.78, 5) is 33.4. The molecule has 29 heavy (non-hydrogen) atoms. The number of nitrogens with zero attached hydrogens (tertiary/aromatic N) is 2. The normalized spacial score (nSPS) is 11.0. The lowest BCUT2D eigenvalue weighted by Crippen LogP contribution is -2.09. The molecule has 0 aliphatic heterocycles. The number of ether oxygens (including phenoxy) is 2. The number of carbonyl (C=O) groups excluding carboxylic acids is 2. The van der Waals surface area contributed by atoms with Crippen LogP contribution in [0.5, 0.6) is 0 Å². The van der Waals surface area contributed by atoms with E-state index < -0.39 is 17.8 Å². The third-order valence-electron chi connectivity index (χ3n) is 4.28. The molecule has 8 heteroatoms. The van der Waals surface area contributed by atoms with E-state index in [1.54, 1.807) is 43.5 Å². The van der Waals surface area contributed by atoms with Gasteiger partial charge in [-0.3, -0.25) is 9.97 Å². The molecule has 4 rings (SSSR count). The molecule has 6 nitrogen and oxygen atoms in total. The Labute approximate surface area is 168 Å². The number of rotatable bonds is 5. The van der Waals surface area contributed by atoms with E-state index in [2.05, 4.69) is 9.97 Å². The van der Waals surface area contributed by atoms with E-state index in [1.165, 1.54) is 12.3 Å². The number of fused-ring (bicyclic) bond motifs is 2. The number of hydrogen-bond donors (Lipinski definition) is 0. The average molecular weight is 410 g/mol. The van der Waals surface area contributed by atoms with Gasteiger partial charge in [0.2, 0.25) is 0 Å². The van der Waals surface area contributed by atoms with Crippen molar-refractivity contribution in [1.82, 2.24) is 9.97 Å². The Morgan fingerprint density at radius 3 is 2.62 bits per heavy atom. The summed E-state index contributed by atoms with van der Waals surface area (Å²) in [5.41, 5.74) is 1.80. The summed E-state index contributed by atoms with van der Waals surface area (Å²) in [6.07, 6.45) is 3.09. The maximum absolute atomic E-state index is 14.4. The number of aromatic nitrogens is 2. The predicted molar refractivity (Wildman–Crippen MR) is 106 cm³/mol. The Morgan fingerprint density at radius 2 is 1.83 bits per heavy atom. The minimum Gasteiger partial charge on any atom is -0.462 e. The van der Waals surface area contributed by atoms with Gasteiger partial charge in [0.1, 0.15) is 17.3 Å². The van der Waals surface area contributed by atoms with Crippen LogP contribution in [0.3, 0.4) is 0 Å². The van der Waals surface area contributed by atoms with Gasteiger partial charge in [-0.1, -0.05) is 6.07 Å². The van der Waals surface area contributed by atoms with Crippen molar-refractivity contribution in [2.45, 2.75) is 13.5 Å². The molecule has 146 valence electrons. The Hall–Kier alpha value is -3.39. The molecular formula is C21H15FN2O4S. The monoisotopic (exact) mass is 410 g/mol. The quantitative estimate of drug-likeness (QED) is 0.450. The van der Waals surface area contributed by atoms with Gasteiger partial charge in [-0.25, -0.2) is 14.0 Å². The maximum atomic E-state index is 14.4. The van der Waals surface area contributed by atoms with Crippen LogP contribution in [0.15, 0.2) is 48.8 Å². The van der Waals surface area contributed by atoms with E-state index in [-0.39, 0.29) is 29.0 Å². The summed E-state index contributed by atoms with van der Waals surface area (Å²) in [5.74, 6) is -1.66. The first-order chi connectivity index (χ1) is 14.1. The number of thiophene rings is 1. The predicted octanol–water partition coefficient (Wildman–Crippen LogP) is 4.52. The van der Waals surface area contributed by atoms with Crippen LogP contribution in [0, 0.1) is 5.82 Å². The van der Waals surface area contributed by atoms with E-state index in [4.69, 9.17) is 9.47 Å². The van der Waals surface area contributed by atoms with E-state index in [1.807, 2.05) is 0 Å². The van der Waals surface area contributed by atoms with Crippen LogP contribution in [0.1, 0.15) is 32.5 Å². The second-order valence-corrected chi connectivity index (χ2v) is 7.13. The lowest BCUT2D eigenvalue weighted by molar-refractivity contribution is 0.0454. The molecule has 0 aliphatic carbocycles. The minimum absolute atomic E-state index is 0.187. The first-order valence-electron chi connectivity index (χ1n) is 8.83. The van der Waals surface area contributed by atoms with E-state index in [9.17, 15) is 14.0 Å². The van der Waals surface area contributed by atoms with Gasteiger partial charge < -0.3 is 9.47 Å². The van der Waals surface area contributed by atoms with Crippen LogP contribution in [0.2, 0.25) is 0 Å². The Kier molecular flexibility index (Phi) is 5.18. The van der Waals surface area contributed by atoms with Crippen molar-refractivity contribution >= 4 is 44.4 Å². The van der Waals surface area contributed by atoms with Crippen molar-refractivity contribution in [2.75, 3.05) is 6.61 Å². The fourth-order valence-corrected chi connectivity index (χ4v) is 4.09. The third kappa shape index (κ3) is 3.66. The van der Waals surface area contributed by atoms with E-state index in [0.29, 0.717) is 21.3 Å². The van der Waals surface area contributed by atoms with Gasteiger partial charge in [0.05, 0.1) is 23.2 Å². The highest BCUT2D eigenvalue weighted by Crippen LogP contribution is 2.34. The van der Waals surface area contributed by atoms with Crippen LogP contribution in [-0.2, 0) is 16.1 Å². The number of hydrogen-bond acceptors (Lipinski definition) is 7. The molecule has 2 aromatic carbocycles. The fourth-order valence-electron chi connectivity index (χ4n) is 2.98. The van der Waals surface area contributed by atoms with E-state index in [0.717, 1.165) is 11.3 Å². The average Bonchev–Trinajstić information content (AvgIpc) is 3.12. The first kappa shape index (κ1) is 18.9. The van der Waals surface area contributed by atoms with E-state index >= 15 is 0 Å². The molecule has 0 fully saturated rings. The van der Waals surface area contributed by atoms with Crippen LogP contribution in [0.4, 0.5) is 4.39 Å². The molecule has 0 saturated carbocycles. The molecule has 0 radical (unpaired) electrons. The first-order valence-corrected chi connectivity index (χ1v) is 9.65. The molecule has 0 unspecified atom stereocenters. The molecule has 4 aromatic rings. The lowest BCUT2D eigenvalue weighted by atomic mass is 10.1. The minimum atomic E-state index is -0.608. The zero-order chi connectivity index (χ0) is 20.4. The van der Waals surface area contributed by atoms with Gasteiger partial charge in [0.25, 0.3) is 0 Å². The smallest absolute Gasteiger partial charge is 0.348 e. The van der Waals surface area contributed by atoms with Crippen molar-refractivity contribution in [1.29, 1.82) is 0 Å². The SMILES string of the molecule is CCOC(=O)c1sc2cccc(F)c2c1COC(=O)c1ccc2nccnc2c1. The van der Waals surface area contributed by atoms with Gasteiger partial charge in [-0.05, 0) is 37.3 Å². The second kappa shape index (κ2) is 7.92. The number of carbonyl (C=O) groups is 2. The number of halogens is 1. The summed E-state index contributed by atoms with van der Waals surface area (Å²) >= 11 is 1.11. The van der Waals surface area contributed by atoms with Gasteiger partial charge in [-0.2, -0.15) is 0 Å². The van der Waals surface area contributed by atoms with Crippen LogP contribution in [-0.4, -0.2) is 28.5 Å². The number of esters is 2. The second-order valence-electron chi connectivity index (χ2n) is 6.08. The molecule has 0 spiro atoms. The molecule has 2 aromatic heterocycles. The fraction of sp³-hybridized carbons (Fsp3) is 0.143. The van der Waals surface area contributed by atoms with Crippen LogP contribution in [0.25, 0.3) is 21.1 Å².